The lowest BCUT2D eigenvalue weighted by molar-refractivity contribution is 0.0997. The number of hydrogen-bond donors (Lipinski definition) is 1. The molecule has 116 valence electrons. The highest BCUT2D eigenvalue weighted by atomic mass is 127. The number of amides is 1. The zero-order chi connectivity index (χ0) is 16.4. The zero-order valence-electron chi connectivity index (χ0n) is 11.6. The van der Waals surface area contributed by atoms with Gasteiger partial charge in [-0.3, -0.25) is 4.79 Å². The van der Waals surface area contributed by atoms with E-state index in [1.165, 1.54) is 0 Å². The second-order valence-electron chi connectivity index (χ2n) is 4.75. The van der Waals surface area contributed by atoms with Crippen LogP contribution in [0.1, 0.15) is 10.6 Å². The van der Waals surface area contributed by atoms with Gasteiger partial charge < -0.3 is 9.73 Å². The molecule has 1 amide bonds. The second-order valence-corrected chi connectivity index (χ2v) is 6.84. The Hall–Kier alpha value is -1.50. The summed E-state index contributed by atoms with van der Waals surface area (Å²) >= 11 is 14.3. The molecule has 1 N–H and O–H groups in total. The Kier molecular flexibility index (Phi) is 4.94. The lowest BCUT2D eigenvalue weighted by Crippen LogP contribution is -2.10. The maximum absolute atomic E-state index is 12.3. The molecule has 0 aliphatic rings. The maximum atomic E-state index is 12.3. The topological polar surface area (TPSA) is 42.2 Å². The zero-order valence-corrected chi connectivity index (χ0v) is 15.3. The molecule has 1 aromatic heterocycles. The van der Waals surface area contributed by atoms with E-state index in [1.54, 1.807) is 30.3 Å². The van der Waals surface area contributed by atoms with Crippen molar-refractivity contribution in [3.8, 4) is 11.3 Å². The van der Waals surface area contributed by atoms with E-state index in [0.29, 0.717) is 27.1 Å². The molecule has 0 radical (unpaired) electrons. The van der Waals surface area contributed by atoms with Crippen LogP contribution < -0.4 is 5.32 Å². The highest BCUT2D eigenvalue weighted by Gasteiger charge is 2.14. The van der Waals surface area contributed by atoms with E-state index in [1.807, 2.05) is 24.3 Å². The van der Waals surface area contributed by atoms with Gasteiger partial charge in [0.1, 0.15) is 5.76 Å². The Bertz CT molecular complexity index is 877. The summed E-state index contributed by atoms with van der Waals surface area (Å²) in [6, 6.07) is 15.9. The van der Waals surface area contributed by atoms with Crippen LogP contribution in [0.2, 0.25) is 10.0 Å². The fourth-order valence-corrected chi connectivity index (χ4v) is 2.98. The maximum Gasteiger partial charge on any atom is 0.291 e. The quantitative estimate of drug-likeness (QED) is 0.482. The third-order valence-corrected chi connectivity index (χ3v) is 4.34. The Morgan fingerprint density at radius 3 is 2.65 bits per heavy atom. The largest absolute Gasteiger partial charge is 0.451 e. The summed E-state index contributed by atoms with van der Waals surface area (Å²) in [5.41, 5.74) is 1.35. The Balaban J connectivity index is 1.84. The van der Waals surface area contributed by atoms with Gasteiger partial charge in [-0.15, -0.1) is 0 Å². The first kappa shape index (κ1) is 16.4. The van der Waals surface area contributed by atoms with Crippen LogP contribution in [-0.4, -0.2) is 5.91 Å². The van der Waals surface area contributed by atoms with Crippen molar-refractivity contribution in [1.29, 1.82) is 0 Å². The van der Waals surface area contributed by atoms with Gasteiger partial charge in [0, 0.05) is 19.8 Å². The molecule has 0 saturated carbocycles. The van der Waals surface area contributed by atoms with Gasteiger partial charge in [-0.2, -0.15) is 0 Å². The minimum Gasteiger partial charge on any atom is -0.451 e. The van der Waals surface area contributed by atoms with Gasteiger partial charge in [-0.1, -0.05) is 29.3 Å². The van der Waals surface area contributed by atoms with Gasteiger partial charge in [-0.05, 0) is 71.1 Å². The van der Waals surface area contributed by atoms with Crippen molar-refractivity contribution < 1.29 is 9.21 Å². The average molecular weight is 458 g/mol. The van der Waals surface area contributed by atoms with Crippen molar-refractivity contribution in [2.24, 2.45) is 0 Å². The number of hydrogen-bond acceptors (Lipinski definition) is 2. The van der Waals surface area contributed by atoms with E-state index >= 15 is 0 Å². The summed E-state index contributed by atoms with van der Waals surface area (Å²) in [5, 5.41) is 3.85. The third kappa shape index (κ3) is 3.88. The summed E-state index contributed by atoms with van der Waals surface area (Å²) in [6.07, 6.45) is 0. The van der Waals surface area contributed by atoms with E-state index in [9.17, 15) is 4.79 Å². The molecule has 0 fully saturated rings. The number of carbonyl (C=O) groups is 1. The highest BCUT2D eigenvalue weighted by molar-refractivity contribution is 14.1. The summed E-state index contributed by atoms with van der Waals surface area (Å²) < 4.78 is 6.65. The molecule has 0 spiro atoms. The van der Waals surface area contributed by atoms with Crippen LogP contribution in [0.3, 0.4) is 0 Å². The fraction of sp³-hybridized carbons (Fsp3) is 0. The molecule has 2 aromatic carbocycles. The predicted molar refractivity (Wildman–Crippen MR) is 101 cm³/mol. The second kappa shape index (κ2) is 6.95. The van der Waals surface area contributed by atoms with Crippen molar-refractivity contribution in [2.45, 2.75) is 0 Å². The molecular formula is C17H10Cl2INO2. The van der Waals surface area contributed by atoms with Crippen molar-refractivity contribution in [3.63, 3.8) is 0 Å². The van der Waals surface area contributed by atoms with Crippen LogP contribution in [0.4, 0.5) is 5.69 Å². The van der Waals surface area contributed by atoms with Crippen LogP contribution in [0.25, 0.3) is 11.3 Å². The van der Waals surface area contributed by atoms with Gasteiger partial charge in [-0.25, -0.2) is 0 Å². The minimum absolute atomic E-state index is 0.204. The molecule has 0 aliphatic carbocycles. The molecule has 6 heteroatoms. The SMILES string of the molecule is O=C(Nc1cccc(I)c1)c1ccc(-c2cc(Cl)ccc2Cl)o1. The molecule has 0 saturated heterocycles. The van der Waals surface area contributed by atoms with Crippen LogP contribution in [0.15, 0.2) is 59.0 Å². The molecule has 23 heavy (non-hydrogen) atoms. The Morgan fingerprint density at radius 1 is 1.04 bits per heavy atom. The Morgan fingerprint density at radius 2 is 1.87 bits per heavy atom. The smallest absolute Gasteiger partial charge is 0.291 e. The number of furan rings is 1. The molecule has 3 rings (SSSR count). The minimum atomic E-state index is -0.323. The lowest BCUT2D eigenvalue weighted by Gasteiger charge is -2.04. The van der Waals surface area contributed by atoms with Crippen LogP contribution in [0, 0.1) is 3.57 Å². The number of anilines is 1. The van der Waals surface area contributed by atoms with Gasteiger partial charge in [0.2, 0.25) is 0 Å². The van der Waals surface area contributed by atoms with E-state index < -0.39 is 0 Å². The van der Waals surface area contributed by atoms with Crippen LogP contribution in [-0.2, 0) is 0 Å². The monoisotopic (exact) mass is 457 g/mol. The summed E-state index contributed by atoms with van der Waals surface area (Å²) in [6.45, 7) is 0. The van der Waals surface area contributed by atoms with Gasteiger partial charge in [0.15, 0.2) is 5.76 Å². The summed E-state index contributed by atoms with van der Waals surface area (Å²) in [4.78, 5) is 12.3. The van der Waals surface area contributed by atoms with Crippen molar-refractivity contribution in [3.05, 3.63) is 74.0 Å². The normalized spacial score (nSPS) is 10.6. The molecule has 1 heterocycles. The summed E-state index contributed by atoms with van der Waals surface area (Å²) in [5.74, 6) is 0.372. The first-order chi connectivity index (χ1) is 11.0. The standard InChI is InChI=1S/C17H10Cl2INO2/c18-10-4-5-14(19)13(8-10)15-6-7-16(23-15)17(22)21-12-3-1-2-11(20)9-12/h1-9H,(H,21,22). The third-order valence-electron chi connectivity index (χ3n) is 3.11. The fourth-order valence-electron chi connectivity index (χ4n) is 2.05. The Labute approximate surface area is 156 Å². The molecule has 0 unspecified atom stereocenters. The lowest BCUT2D eigenvalue weighted by atomic mass is 10.2. The number of halogens is 3. The van der Waals surface area contributed by atoms with Crippen LogP contribution in [0.5, 0.6) is 0 Å². The van der Waals surface area contributed by atoms with Gasteiger partial charge >= 0.3 is 0 Å². The van der Waals surface area contributed by atoms with Gasteiger partial charge in [0.05, 0.1) is 5.02 Å². The van der Waals surface area contributed by atoms with Crippen molar-refractivity contribution in [2.75, 3.05) is 5.32 Å². The molecule has 0 bridgehead atoms. The van der Waals surface area contributed by atoms with E-state index in [4.69, 9.17) is 27.6 Å². The van der Waals surface area contributed by atoms with Crippen molar-refractivity contribution >= 4 is 57.4 Å². The molecule has 3 aromatic rings. The number of benzene rings is 2. The molecule has 0 atom stereocenters. The van der Waals surface area contributed by atoms with E-state index in [-0.39, 0.29) is 11.7 Å². The number of rotatable bonds is 3. The molecular weight excluding hydrogens is 448 g/mol. The van der Waals surface area contributed by atoms with E-state index in [2.05, 4.69) is 27.9 Å². The first-order valence-electron chi connectivity index (χ1n) is 6.65. The molecule has 0 aliphatic heterocycles. The summed E-state index contributed by atoms with van der Waals surface area (Å²) in [7, 11) is 0. The van der Waals surface area contributed by atoms with Crippen LogP contribution >= 0.6 is 45.8 Å². The first-order valence-corrected chi connectivity index (χ1v) is 8.48. The highest BCUT2D eigenvalue weighted by Crippen LogP contribution is 2.32. The van der Waals surface area contributed by atoms with Crippen molar-refractivity contribution in [1.82, 2.24) is 0 Å². The average Bonchev–Trinajstić information content (AvgIpc) is 2.99. The van der Waals surface area contributed by atoms with E-state index in [0.717, 1.165) is 3.57 Å². The molecule has 3 nitrogen and oxygen atoms in total. The van der Waals surface area contributed by atoms with Gasteiger partial charge in [0.25, 0.3) is 5.91 Å². The number of nitrogens with one attached hydrogen (secondary N) is 1. The number of carbonyl (C=O) groups excluding carboxylic acids is 1. The predicted octanol–water partition coefficient (Wildman–Crippen LogP) is 6.11.